The van der Waals surface area contributed by atoms with E-state index in [4.69, 9.17) is 13.8 Å². The minimum atomic E-state index is -0.843. The molecule has 1 aliphatic rings. The molecule has 5 nitrogen and oxygen atoms in total. The van der Waals surface area contributed by atoms with Gasteiger partial charge in [-0.3, -0.25) is 0 Å². The lowest BCUT2D eigenvalue weighted by Crippen LogP contribution is -2.41. The van der Waals surface area contributed by atoms with Gasteiger partial charge in [-0.1, -0.05) is 5.16 Å². The number of aryl methyl sites for hydroxylation is 1. The van der Waals surface area contributed by atoms with E-state index in [2.05, 4.69) is 10.1 Å². The van der Waals surface area contributed by atoms with E-state index in [-0.39, 0.29) is 22.7 Å². The second-order valence-corrected chi connectivity index (χ2v) is 6.58. The summed E-state index contributed by atoms with van der Waals surface area (Å²) < 4.78 is 45.1. The maximum atomic E-state index is 14.4. The fourth-order valence-electron chi connectivity index (χ4n) is 2.32. The monoisotopic (exact) mass is 322 g/mol. The number of rotatable bonds is 2. The van der Waals surface area contributed by atoms with Crippen LogP contribution in [0.2, 0.25) is 0 Å². The van der Waals surface area contributed by atoms with E-state index < -0.39 is 30.0 Å². The van der Waals surface area contributed by atoms with E-state index in [1.807, 2.05) is 27.7 Å². The van der Waals surface area contributed by atoms with Crippen LogP contribution in [-0.2, 0) is 9.31 Å². The predicted octanol–water partition coefficient (Wildman–Crippen LogP) is 2.62. The van der Waals surface area contributed by atoms with Crippen molar-refractivity contribution in [3.8, 4) is 11.4 Å². The molecule has 8 heteroatoms. The van der Waals surface area contributed by atoms with E-state index in [0.29, 0.717) is 0 Å². The van der Waals surface area contributed by atoms with Crippen LogP contribution < -0.4 is 5.46 Å². The lowest BCUT2D eigenvalue weighted by atomic mass is 9.78. The van der Waals surface area contributed by atoms with Crippen molar-refractivity contribution >= 4 is 12.6 Å². The lowest BCUT2D eigenvalue weighted by molar-refractivity contribution is 0.00578. The number of benzene rings is 1. The van der Waals surface area contributed by atoms with Gasteiger partial charge in [0.05, 0.1) is 16.8 Å². The Hall–Kier alpha value is -1.80. The molecular weight excluding hydrogens is 305 g/mol. The number of halogens is 2. The van der Waals surface area contributed by atoms with Gasteiger partial charge >= 0.3 is 7.12 Å². The second kappa shape index (κ2) is 5.11. The molecule has 3 rings (SSSR count). The van der Waals surface area contributed by atoms with Crippen LogP contribution in [0.4, 0.5) is 8.78 Å². The summed E-state index contributed by atoms with van der Waals surface area (Å²) in [7, 11) is -0.843. The molecular formula is C15H17BF2N2O3. The number of nitrogens with zero attached hydrogens (tertiary/aromatic N) is 2. The maximum Gasteiger partial charge on any atom is 0.495 e. The molecule has 0 N–H and O–H groups in total. The SMILES string of the molecule is Cc1nc(-c2c(F)cc(B3OC(C)(C)C(C)(C)O3)cc2F)no1. The molecule has 0 amide bonds. The Kier molecular flexibility index (Phi) is 3.57. The molecule has 122 valence electrons. The zero-order chi connectivity index (χ0) is 17.0. The van der Waals surface area contributed by atoms with Gasteiger partial charge in [-0.15, -0.1) is 0 Å². The van der Waals surface area contributed by atoms with Gasteiger partial charge in [0.25, 0.3) is 0 Å². The average Bonchev–Trinajstić information content (AvgIpc) is 2.91. The molecule has 23 heavy (non-hydrogen) atoms. The average molecular weight is 322 g/mol. The van der Waals surface area contributed by atoms with E-state index in [1.54, 1.807) is 6.92 Å². The third-order valence-electron chi connectivity index (χ3n) is 4.34. The van der Waals surface area contributed by atoms with Crippen LogP contribution in [0.3, 0.4) is 0 Å². The van der Waals surface area contributed by atoms with Crippen LogP contribution in [0.5, 0.6) is 0 Å². The first-order valence-electron chi connectivity index (χ1n) is 7.26. The van der Waals surface area contributed by atoms with E-state index in [9.17, 15) is 8.78 Å². The zero-order valence-electron chi connectivity index (χ0n) is 13.6. The highest BCUT2D eigenvalue weighted by Gasteiger charge is 2.52. The molecule has 0 aliphatic carbocycles. The summed E-state index contributed by atoms with van der Waals surface area (Å²) in [6.07, 6.45) is 0. The van der Waals surface area contributed by atoms with Crippen molar-refractivity contribution in [2.45, 2.75) is 45.8 Å². The first kappa shape index (κ1) is 16.1. The van der Waals surface area contributed by atoms with Gasteiger partial charge in [0, 0.05) is 6.92 Å². The van der Waals surface area contributed by atoms with Crippen LogP contribution in [-0.4, -0.2) is 28.5 Å². The molecule has 0 unspecified atom stereocenters. The summed E-state index contributed by atoms with van der Waals surface area (Å²) in [5.41, 5.74) is -1.24. The minimum absolute atomic E-state index is 0.127. The molecule has 2 aromatic rings. The molecule has 1 aromatic heterocycles. The predicted molar refractivity (Wildman–Crippen MR) is 80.1 cm³/mol. The molecule has 1 fully saturated rings. The highest BCUT2D eigenvalue weighted by atomic mass is 19.1. The molecule has 1 aliphatic heterocycles. The summed E-state index contributed by atoms with van der Waals surface area (Å²) in [6.45, 7) is 9.03. The first-order chi connectivity index (χ1) is 10.6. The van der Waals surface area contributed by atoms with Crippen molar-refractivity contribution in [2.24, 2.45) is 0 Å². The van der Waals surface area contributed by atoms with Crippen molar-refractivity contribution in [3.63, 3.8) is 0 Å². The van der Waals surface area contributed by atoms with E-state index >= 15 is 0 Å². The Morgan fingerprint density at radius 3 is 1.96 bits per heavy atom. The Morgan fingerprint density at radius 1 is 1.00 bits per heavy atom. The largest absolute Gasteiger partial charge is 0.495 e. The van der Waals surface area contributed by atoms with Gasteiger partial charge in [0.15, 0.2) is 0 Å². The van der Waals surface area contributed by atoms with Crippen LogP contribution in [0.15, 0.2) is 16.7 Å². The Balaban J connectivity index is 1.98. The Labute approximate surface area is 133 Å². The standard InChI is InChI=1S/C15H17BF2N2O3/c1-8-19-13(20-21-8)12-10(17)6-9(7-11(12)18)16-22-14(2,3)15(4,5)23-16/h6-7H,1-5H3. The summed E-state index contributed by atoms with van der Waals surface area (Å²) in [6, 6.07) is 2.35. The van der Waals surface area contributed by atoms with Crippen LogP contribution in [0.25, 0.3) is 11.4 Å². The maximum absolute atomic E-state index is 14.4. The molecule has 1 saturated heterocycles. The zero-order valence-corrected chi connectivity index (χ0v) is 13.6. The second-order valence-electron chi connectivity index (χ2n) is 6.58. The van der Waals surface area contributed by atoms with Gasteiger partial charge in [-0.2, -0.15) is 4.98 Å². The number of aromatic nitrogens is 2. The quantitative estimate of drug-likeness (QED) is 0.796. The highest BCUT2D eigenvalue weighted by Crippen LogP contribution is 2.36. The molecule has 0 saturated carbocycles. The highest BCUT2D eigenvalue weighted by molar-refractivity contribution is 6.62. The van der Waals surface area contributed by atoms with E-state index in [1.165, 1.54) is 12.1 Å². The number of hydrogen-bond donors (Lipinski definition) is 0. The van der Waals surface area contributed by atoms with Crippen LogP contribution in [0, 0.1) is 18.6 Å². The van der Waals surface area contributed by atoms with Gasteiger partial charge in [0.2, 0.25) is 11.7 Å². The fourth-order valence-corrected chi connectivity index (χ4v) is 2.32. The van der Waals surface area contributed by atoms with Crippen molar-refractivity contribution in [2.75, 3.05) is 0 Å². The van der Waals surface area contributed by atoms with Crippen molar-refractivity contribution in [3.05, 3.63) is 29.7 Å². The third-order valence-corrected chi connectivity index (χ3v) is 4.34. The summed E-state index contributed by atoms with van der Waals surface area (Å²) in [4.78, 5) is 3.86. The van der Waals surface area contributed by atoms with Crippen molar-refractivity contribution in [1.82, 2.24) is 10.1 Å². The van der Waals surface area contributed by atoms with E-state index in [0.717, 1.165) is 0 Å². The topological polar surface area (TPSA) is 57.4 Å². The van der Waals surface area contributed by atoms with Gasteiger partial charge < -0.3 is 13.8 Å². The minimum Gasteiger partial charge on any atom is -0.399 e. The van der Waals surface area contributed by atoms with Crippen molar-refractivity contribution in [1.29, 1.82) is 0 Å². The normalized spacial score (nSPS) is 19.3. The summed E-state index contributed by atoms with van der Waals surface area (Å²) >= 11 is 0. The molecule has 0 radical (unpaired) electrons. The summed E-state index contributed by atoms with van der Waals surface area (Å²) in [5, 5.41) is 3.55. The Bertz CT molecular complexity index is 722. The van der Waals surface area contributed by atoms with Crippen LogP contribution in [0.1, 0.15) is 33.6 Å². The molecule has 0 bridgehead atoms. The van der Waals surface area contributed by atoms with Crippen LogP contribution >= 0.6 is 0 Å². The van der Waals surface area contributed by atoms with Gasteiger partial charge in [-0.05, 0) is 45.3 Å². The third kappa shape index (κ3) is 2.66. The molecule has 0 atom stereocenters. The molecule has 1 aromatic carbocycles. The lowest BCUT2D eigenvalue weighted by Gasteiger charge is -2.32. The first-order valence-corrected chi connectivity index (χ1v) is 7.26. The fraction of sp³-hybridized carbons (Fsp3) is 0.467. The van der Waals surface area contributed by atoms with Gasteiger partial charge in [0.1, 0.15) is 11.6 Å². The molecule has 0 spiro atoms. The Morgan fingerprint density at radius 2 is 1.52 bits per heavy atom. The van der Waals surface area contributed by atoms with Gasteiger partial charge in [-0.25, -0.2) is 8.78 Å². The van der Waals surface area contributed by atoms with Crippen molar-refractivity contribution < 1.29 is 22.6 Å². The summed E-state index contributed by atoms with van der Waals surface area (Å²) in [5.74, 6) is -1.49. The number of hydrogen-bond acceptors (Lipinski definition) is 5. The smallest absolute Gasteiger partial charge is 0.399 e. The molecule has 2 heterocycles.